The quantitative estimate of drug-likeness (QED) is 0.780. The van der Waals surface area contributed by atoms with Gasteiger partial charge in [0.1, 0.15) is 6.61 Å². The van der Waals surface area contributed by atoms with Gasteiger partial charge < -0.3 is 10.1 Å². The Labute approximate surface area is 135 Å². The highest BCUT2D eigenvalue weighted by Crippen LogP contribution is 2.38. The maximum Gasteiger partial charge on any atom is 0.271 e. The molecule has 0 saturated carbocycles. The lowest BCUT2D eigenvalue weighted by Gasteiger charge is -2.18. The molecule has 0 radical (unpaired) electrons. The molecule has 0 fully saturated rings. The summed E-state index contributed by atoms with van der Waals surface area (Å²) in [6.07, 6.45) is 3.03. The molecule has 2 N–H and O–H groups in total. The summed E-state index contributed by atoms with van der Waals surface area (Å²) >= 11 is 0. The van der Waals surface area contributed by atoms with Crippen molar-refractivity contribution < 1.29 is 13.9 Å². The fourth-order valence-corrected chi connectivity index (χ4v) is 3.57. The number of aromatic nitrogens is 1. The van der Waals surface area contributed by atoms with Crippen molar-refractivity contribution in [3.63, 3.8) is 0 Å². The van der Waals surface area contributed by atoms with Gasteiger partial charge in [-0.3, -0.25) is 0 Å². The molecule has 23 heavy (non-hydrogen) atoms. The standard InChI is InChI=1S/C19H23F2NO/c1-12-10-16-15-5-3-4-6-17(15)22-18(16)13(2)9-14(12)7-8-19(20,21)11-23/h3-6,9,12-13,22-23H,7-8,10-11H2,1-2H3/t12-,13+/m1/s1. The van der Waals surface area contributed by atoms with Crippen LogP contribution >= 0.6 is 0 Å². The molecule has 0 aliphatic heterocycles. The van der Waals surface area contributed by atoms with E-state index >= 15 is 0 Å². The topological polar surface area (TPSA) is 36.0 Å². The lowest BCUT2D eigenvalue weighted by molar-refractivity contribution is -0.0561. The average Bonchev–Trinajstić information content (AvgIpc) is 2.84. The lowest BCUT2D eigenvalue weighted by atomic mass is 9.90. The van der Waals surface area contributed by atoms with Crippen LogP contribution in [-0.2, 0) is 6.42 Å². The van der Waals surface area contributed by atoms with E-state index in [-0.39, 0.29) is 18.3 Å². The summed E-state index contributed by atoms with van der Waals surface area (Å²) in [5.74, 6) is -2.58. The Balaban J connectivity index is 1.89. The summed E-state index contributed by atoms with van der Waals surface area (Å²) < 4.78 is 26.7. The van der Waals surface area contributed by atoms with E-state index in [1.165, 1.54) is 16.6 Å². The summed E-state index contributed by atoms with van der Waals surface area (Å²) in [4.78, 5) is 3.50. The molecule has 1 aliphatic carbocycles. The van der Waals surface area contributed by atoms with Crippen molar-refractivity contribution in [2.75, 3.05) is 6.61 Å². The lowest BCUT2D eigenvalue weighted by Crippen LogP contribution is -2.21. The van der Waals surface area contributed by atoms with Crippen molar-refractivity contribution in [3.05, 3.63) is 47.2 Å². The van der Waals surface area contributed by atoms with Crippen LogP contribution in [0.15, 0.2) is 35.9 Å². The molecule has 0 bridgehead atoms. The summed E-state index contributed by atoms with van der Waals surface area (Å²) in [5.41, 5.74) is 4.71. The van der Waals surface area contributed by atoms with Crippen LogP contribution in [0, 0.1) is 5.92 Å². The molecule has 0 saturated heterocycles. The number of para-hydroxylation sites is 1. The number of halogens is 2. The number of fused-ring (bicyclic) bond motifs is 3. The number of H-pyrrole nitrogens is 1. The predicted molar refractivity (Wildman–Crippen MR) is 88.9 cm³/mol. The monoisotopic (exact) mass is 319 g/mol. The Morgan fingerprint density at radius 1 is 1.26 bits per heavy atom. The number of hydrogen-bond donors (Lipinski definition) is 2. The van der Waals surface area contributed by atoms with Gasteiger partial charge in [0.2, 0.25) is 0 Å². The number of aromatic amines is 1. The van der Waals surface area contributed by atoms with Crippen molar-refractivity contribution in [2.24, 2.45) is 5.92 Å². The van der Waals surface area contributed by atoms with Gasteiger partial charge in [-0.25, -0.2) is 8.78 Å². The molecule has 2 aromatic rings. The second-order valence-electron chi connectivity index (χ2n) is 6.71. The van der Waals surface area contributed by atoms with Crippen LogP contribution in [0.3, 0.4) is 0 Å². The highest BCUT2D eigenvalue weighted by molar-refractivity contribution is 5.85. The van der Waals surface area contributed by atoms with E-state index in [4.69, 9.17) is 5.11 Å². The van der Waals surface area contributed by atoms with E-state index < -0.39 is 12.5 Å². The Bertz CT molecular complexity index is 732. The second kappa shape index (κ2) is 6.08. The van der Waals surface area contributed by atoms with Gasteiger partial charge in [-0.15, -0.1) is 0 Å². The van der Waals surface area contributed by atoms with E-state index in [1.54, 1.807) is 0 Å². The van der Waals surface area contributed by atoms with Gasteiger partial charge in [0.25, 0.3) is 5.92 Å². The van der Waals surface area contributed by atoms with Crippen LogP contribution < -0.4 is 0 Å². The number of nitrogens with one attached hydrogen (secondary N) is 1. The van der Waals surface area contributed by atoms with Gasteiger partial charge in [-0.1, -0.05) is 43.7 Å². The SMILES string of the molecule is C[C@@H]1Cc2c([nH]c3ccccc23)[C@@H](C)C=C1CCC(F)(F)CO. The van der Waals surface area contributed by atoms with Gasteiger partial charge in [-0.05, 0) is 30.4 Å². The first-order valence-electron chi connectivity index (χ1n) is 8.20. The highest BCUT2D eigenvalue weighted by Gasteiger charge is 2.30. The molecule has 0 unspecified atom stereocenters. The number of aliphatic hydroxyl groups excluding tert-OH is 1. The first-order chi connectivity index (χ1) is 10.9. The van der Waals surface area contributed by atoms with Crippen molar-refractivity contribution in [2.45, 2.75) is 45.0 Å². The normalized spacial score (nSPS) is 21.9. The molecule has 0 spiro atoms. The van der Waals surface area contributed by atoms with Crippen LogP contribution in [0.1, 0.15) is 43.9 Å². The molecule has 2 nitrogen and oxygen atoms in total. The minimum absolute atomic E-state index is 0.181. The molecule has 124 valence electrons. The largest absolute Gasteiger partial charge is 0.390 e. The number of allylic oxidation sites excluding steroid dienone is 2. The second-order valence-corrected chi connectivity index (χ2v) is 6.71. The molecular formula is C19H23F2NO. The molecule has 2 atom stereocenters. The zero-order valence-corrected chi connectivity index (χ0v) is 13.6. The fourth-order valence-electron chi connectivity index (χ4n) is 3.57. The maximum absolute atomic E-state index is 13.4. The molecule has 1 aromatic heterocycles. The van der Waals surface area contributed by atoms with Crippen molar-refractivity contribution in [1.29, 1.82) is 0 Å². The average molecular weight is 319 g/mol. The van der Waals surface area contributed by atoms with Gasteiger partial charge >= 0.3 is 0 Å². The molecular weight excluding hydrogens is 296 g/mol. The number of alkyl halides is 2. The Kier molecular flexibility index (Phi) is 4.28. The third kappa shape index (κ3) is 3.18. The number of hydrogen-bond acceptors (Lipinski definition) is 1. The molecule has 1 heterocycles. The summed E-state index contributed by atoms with van der Waals surface area (Å²) in [7, 11) is 0. The molecule has 4 heteroatoms. The van der Waals surface area contributed by atoms with E-state index in [0.29, 0.717) is 6.42 Å². The summed E-state index contributed by atoms with van der Waals surface area (Å²) in [6.45, 7) is 3.14. The van der Waals surface area contributed by atoms with Crippen molar-refractivity contribution in [3.8, 4) is 0 Å². The van der Waals surface area contributed by atoms with Gasteiger partial charge in [0.05, 0.1) is 0 Å². The minimum atomic E-state index is -2.99. The molecule has 1 aromatic carbocycles. The van der Waals surface area contributed by atoms with Gasteiger partial charge in [0, 0.05) is 28.9 Å². The first-order valence-corrected chi connectivity index (χ1v) is 8.20. The molecule has 1 aliphatic rings. The van der Waals surface area contributed by atoms with Crippen LogP contribution in [-0.4, -0.2) is 22.6 Å². The van der Waals surface area contributed by atoms with Crippen LogP contribution in [0.4, 0.5) is 8.78 Å². The third-order valence-electron chi connectivity index (χ3n) is 4.92. The number of aliphatic hydroxyl groups is 1. The Hall–Kier alpha value is -1.68. The number of benzene rings is 1. The van der Waals surface area contributed by atoms with E-state index in [0.717, 1.165) is 17.5 Å². The van der Waals surface area contributed by atoms with Crippen LogP contribution in [0.25, 0.3) is 10.9 Å². The van der Waals surface area contributed by atoms with Crippen molar-refractivity contribution in [1.82, 2.24) is 4.98 Å². The summed E-state index contributed by atoms with van der Waals surface area (Å²) in [5, 5.41) is 9.98. The Morgan fingerprint density at radius 2 is 2.00 bits per heavy atom. The van der Waals surface area contributed by atoms with Crippen LogP contribution in [0.5, 0.6) is 0 Å². The predicted octanol–water partition coefficient (Wildman–Crippen LogP) is 4.80. The first kappa shape index (κ1) is 16.2. The van der Waals surface area contributed by atoms with Crippen LogP contribution in [0.2, 0.25) is 0 Å². The van der Waals surface area contributed by atoms with E-state index in [9.17, 15) is 8.78 Å². The Morgan fingerprint density at radius 3 is 2.74 bits per heavy atom. The maximum atomic E-state index is 13.4. The molecule has 0 amide bonds. The van der Waals surface area contributed by atoms with Gasteiger partial charge in [0.15, 0.2) is 0 Å². The summed E-state index contributed by atoms with van der Waals surface area (Å²) in [6, 6.07) is 8.25. The smallest absolute Gasteiger partial charge is 0.271 e. The molecule has 3 rings (SSSR count). The van der Waals surface area contributed by atoms with E-state index in [1.807, 2.05) is 12.1 Å². The van der Waals surface area contributed by atoms with Crippen molar-refractivity contribution >= 4 is 10.9 Å². The third-order valence-corrected chi connectivity index (χ3v) is 4.92. The number of rotatable bonds is 4. The minimum Gasteiger partial charge on any atom is -0.390 e. The van der Waals surface area contributed by atoms with E-state index in [2.05, 4.69) is 37.0 Å². The zero-order chi connectivity index (χ0) is 16.6. The highest BCUT2D eigenvalue weighted by atomic mass is 19.3. The zero-order valence-electron chi connectivity index (χ0n) is 13.6. The fraction of sp³-hybridized carbons (Fsp3) is 0.474. The van der Waals surface area contributed by atoms with Gasteiger partial charge in [-0.2, -0.15) is 0 Å².